The summed E-state index contributed by atoms with van der Waals surface area (Å²) in [6.07, 6.45) is 4.92. The summed E-state index contributed by atoms with van der Waals surface area (Å²) in [5, 5.41) is 5.88. The molecule has 1 aromatic heterocycles. The molecule has 0 atom stereocenters. The minimum absolute atomic E-state index is 0.183. The Morgan fingerprint density at radius 1 is 1.04 bits per heavy atom. The number of carbonyl (C=O) groups excluding carboxylic acids is 1. The van der Waals surface area contributed by atoms with Crippen molar-refractivity contribution in [2.75, 3.05) is 33.2 Å². The molecule has 0 saturated heterocycles. The van der Waals surface area contributed by atoms with Gasteiger partial charge in [-0.3, -0.25) is 4.79 Å². The Balaban J connectivity index is 2.12. The smallest absolute Gasteiger partial charge is 0.254 e. The Morgan fingerprint density at radius 3 is 2.15 bits per heavy atom. The molecule has 1 aromatic carbocycles. The monoisotopic (exact) mass is 360 g/mol. The number of ether oxygens (including phenoxy) is 3. The number of rotatable bonds is 9. The predicted molar refractivity (Wildman–Crippen MR) is 98.7 cm³/mol. The number of aromatic nitrogens is 2. The molecule has 0 saturated carbocycles. The van der Waals surface area contributed by atoms with E-state index >= 15 is 0 Å². The van der Waals surface area contributed by atoms with E-state index in [1.165, 1.54) is 12.4 Å². The van der Waals surface area contributed by atoms with Crippen molar-refractivity contribution in [2.45, 2.75) is 19.8 Å². The third-order valence-electron chi connectivity index (χ3n) is 3.65. The highest BCUT2D eigenvalue weighted by Crippen LogP contribution is 2.40. The molecule has 26 heavy (non-hydrogen) atoms. The molecule has 0 unspecified atom stereocenters. The van der Waals surface area contributed by atoms with Gasteiger partial charge in [0, 0.05) is 36.8 Å². The van der Waals surface area contributed by atoms with E-state index in [1.807, 2.05) is 0 Å². The van der Waals surface area contributed by atoms with Gasteiger partial charge in [0.25, 0.3) is 5.91 Å². The van der Waals surface area contributed by atoms with E-state index in [0.29, 0.717) is 41.0 Å². The highest BCUT2D eigenvalue weighted by Gasteiger charge is 2.14. The van der Waals surface area contributed by atoms with Crippen LogP contribution in [0.3, 0.4) is 0 Å². The quantitative estimate of drug-likeness (QED) is 0.664. The molecule has 0 radical (unpaired) electrons. The number of amides is 1. The molecule has 8 heteroatoms. The van der Waals surface area contributed by atoms with Crippen LogP contribution in [0.5, 0.6) is 17.2 Å². The number of nitrogens with one attached hydrogen (secondary N) is 2. The fourth-order valence-electron chi connectivity index (χ4n) is 2.27. The van der Waals surface area contributed by atoms with Crippen LogP contribution in [0.4, 0.5) is 11.6 Å². The number of carbonyl (C=O) groups is 1. The van der Waals surface area contributed by atoms with Gasteiger partial charge in [0.15, 0.2) is 11.5 Å². The fourth-order valence-corrected chi connectivity index (χ4v) is 2.27. The molecule has 0 fully saturated rings. The van der Waals surface area contributed by atoms with Crippen molar-refractivity contribution in [2.24, 2.45) is 0 Å². The van der Waals surface area contributed by atoms with Gasteiger partial charge in [0.1, 0.15) is 0 Å². The molecule has 1 heterocycles. The molecule has 0 aliphatic heterocycles. The second kappa shape index (κ2) is 9.45. The van der Waals surface area contributed by atoms with Crippen LogP contribution in [0.2, 0.25) is 0 Å². The van der Waals surface area contributed by atoms with Gasteiger partial charge < -0.3 is 24.8 Å². The van der Waals surface area contributed by atoms with Crippen molar-refractivity contribution >= 4 is 17.5 Å². The first-order valence-electron chi connectivity index (χ1n) is 8.30. The Morgan fingerprint density at radius 2 is 1.65 bits per heavy atom. The lowest BCUT2D eigenvalue weighted by Crippen LogP contribution is -2.24. The Kier molecular flexibility index (Phi) is 7.02. The number of hydrogen-bond donors (Lipinski definition) is 2. The van der Waals surface area contributed by atoms with Gasteiger partial charge in [-0.05, 0) is 6.42 Å². The van der Waals surface area contributed by atoms with Gasteiger partial charge >= 0.3 is 0 Å². The third kappa shape index (κ3) is 4.75. The standard InChI is InChI=1S/C18H24N4O4/c1-5-6-7-19-17(23)12-10-20-18(21-11-12)22-13-8-14(24-2)16(26-4)15(9-13)25-3/h8-11H,5-7H2,1-4H3,(H,19,23)(H,20,21,22). The highest BCUT2D eigenvalue weighted by molar-refractivity contribution is 5.93. The molecule has 0 bridgehead atoms. The molecule has 2 aromatic rings. The van der Waals surface area contributed by atoms with E-state index in [2.05, 4.69) is 27.5 Å². The molecule has 8 nitrogen and oxygen atoms in total. The second-order valence-electron chi connectivity index (χ2n) is 5.44. The minimum atomic E-state index is -0.183. The highest BCUT2D eigenvalue weighted by atomic mass is 16.5. The van der Waals surface area contributed by atoms with E-state index in [-0.39, 0.29) is 5.91 Å². The van der Waals surface area contributed by atoms with Gasteiger partial charge in [0.2, 0.25) is 11.7 Å². The van der Waals surface area contributed by atoms with Crippen molar-refractivity contribution in [1.82, 2.24) is 15.3 Å². The van der Waals surface area contributed by atoms with Crippen molar-refractivity contribution < 1.29 is 19.0 Å². The summed E-state index contributed by atoms with van der Waals surface area (Å²) in [7, 11) is 4.63. The van der Waals surface area contributed by atoms with E-state index < -0.39 is 0 Å². The van der Waals surface area contributed by atoms with Gasteiger partial charge in [-0.2, -0.15) is 0 Å². The Bertz CT molecular complexity index is 709. The molecule has 140 valence electrons. The molecule has 2 N–H and O–H groups in total. The van der Waals surface area contributed by atoms with Gasteiger partial charge in [0.05, 0.1) is 26.9 Å². The second-order valence-corrected chi connectivity index (χ2v) is 5.44. The Hall–Kier alpha value is -3.03. The van der Waals surface area contributed by atoms with Crippen molar-refractivity contribution in [3.05, 3.63) is 30.1 Å². The number of unbranched alkanes of at least 4 members (excludes halogenated alkanes) is 1. The largest absolute Gasteiger partial charge is 0.493 e. The maximum Gasteiger partial charge on any atom is 0.254 e. The SMILES string of the molecule is CCCCNC(=O)c1cnc(Nc2cc(OC)c(OC)c(OC)c2)nc1. The third-order valence-corrected chi connectivity index (χ3v) is 3.65. The minimum Gasteiger partial charge on any atom is -0.493 e. The lowest BCUT2D eigenvalue weighted by molar-refractivity contribution is 0.0952. The topological polar surface area (TPSA) is 94.6 Å². The van der Waals surface area contributed by atoms with Crippen LogP contribution in [-0.4, -0.2) is 43.7 Å². The number of benzene rings is 1. The number of hydrogen-bond acceptors (Lipinski definition) is 7. The summed E-state index contributed by atoms with van der Waals surface area (Å²) in [6.45, 7) is 2.71. The van der Waals surface area contributed by atoms with E-state index in [9.17, 15) is 4.79 Å². The zero-order chi connectivity index (χ0) is 18.9. The molecular formula is C18H24N4O4. The molecule has 1 amide bonds. The summed E-state index contributed by atoms with van der Waals surface area (Å²) in [4.78, 5) is 20.3. The summed E-state index contributed by atoms with van der Waals surface area (Å²) in [5.74, 6) is 1.70. The van der Waals surface area contributed by atoms with Crippen LogP contribution < -0.4 is 24.8 Å². The van der Waals surface area contributed by atoms with Crippen LogP contribution in [0.25, 0.3) is 0 Å². The van der Waals surface area contributed by atoms with Gasteiger partial charge in [-0.1, -0.05) is 13.3 Å². The van der Waals surface area contributed by atoms with E-state index in [1.54, 1.807) is 33.5 Å². The van der Waals surface area contributed by atoms with E-state index in [4.69, 9.17) is 14.2 Å². The number of nitrogens with zero attached hydrogens (tertiary/aromatic N) is 2. The van der Waals surface area contributed by atoms with Gasteiger partial charge in [-0.25, -0.2) is 9.97 Å². The van der Waals surface area contributed by atoms with Crippen molar-refractivity contribution in [1.29, 1.82) is 0 Å². The summed E-state index contributed by atoms with van der Waals surface area (Å²) in [5.41, 5.74) is 1.08. The molecule has 2 rings (SSSR count). The van der Waals surface area contributed by atoms with Gasteiger partial charge in [-0.15, -0.1) is 0 Å². The first-order valence-corrected chi connectivity index (χ1v) is 8.30. The van der Waals surface area contributed by atoms with Crippen molar-refractivity contribution in [3.63, 3.8) is 0 Å². The fraction of sp³-hybridized carbons (Fsp3) is 0.389. The van der Waals surface area contributed by atoms with Crippen LogP contribution >= 0.6 is 0 Å². The Labute approximate surface area is 152 Å². The zero-order valence-corrected chi connectivity index (χ0v) is 15.5. The zero-order valence-electron chi connectivity index (χ0n) is 15.5. The lowest BCUT2D eigenvalue weighted by atomic mass is 10.2. The predicted octanol–water partition coefficient (Wildman–Crippen LogP) is 2.78. The van der Waals surface area contributed by atoms with E-state index in [0.717, 1.165) is 12.8 Å². The molecule has 0 aliphatic carbocycles. The lowest BCUT2D eigenvalue weighted by Gasteiger charge is -2.14. The molecule has 0 spiro atoms. The first-order chi connectivity index (χ1) is 12.6. The maximum atomic E-state index is 12.0. The summed E-state index contributed by atoms with van der Waals surface area (Å²) in [6, 6.07) is 3.49. The number of methoxy groups -OCH3 is 3. The average molecular weight is 360 g/mol. The molecule has 0 aliphatic rings. The average Bonchev–Trinajstić information content (AvgIpc) is 2.67. The van der Waals surface area contributed by atoms with Crippen LogP contribution in [-0.2, 0) is 0 Å². The van der Waals surface area contributed by atoms with Crippen molar-refractivity contribution in [3.8, 4) is 17.2 Å². The first kappa shape index (κ1) is 19.3. The normalized spacial score (nSPS) is 10.2. The number of anilines is 2. The summed E-state index contributed by atoms with van der Waals surface area (Å²) >= 11 is 0. The molecular weight excluding hydrogens is 336 g/mol. The van der Waals surface area contributed by atoms with Crippen LogP contribution in [0, 0.1) is 0 Å². The van der Waals surface area contributed by atoms with Crippen LogP contribution in [0.1, 0.15) is 30.1 Å². The van der Waals surface area contributed by atoms with Crippen LogP contribution in [0.15, 0.2) is 24.5 Å². The maximum absolute atomic E-state index is 12.0. The summed E-state index contributed by atoms with van der Waals surface area (Å²) < 4.78 is 15.9.